The molecule has 0 saturated heterocycles. The van der Waals surface area contributed by atoms with Gasteiger partial charge >= 0.3 is 5.97 Å². The molecule has 0 spiro atoms. The topological polar surface area (TPSA) is 38.7 Å². The highest BCUT2D eigenvalue weighted by Gasteiger charge is 2.17. The van der Waals surface area contributed by atoms with Crippen LogP contribution in [0.5, 0.6) is 0 Å². The van der Waals surface area contributed by atoms with Gasteiger partial charge in [0.15, 0.2) is 0 Å². The van der Waals surface area contributed by atoms with Gasteiger partial charge in [-0.3, -0.25) is 9.79 Å². The SMILES string of the molecule is C/N=C(\CCOC(=O)CC(C)(C)C)c1ccccc1. The minimum Gasteiger partial charge on any atom is -0.465 e. The Morgan fingerprint density at radius 2 is 1.84 bits per heavy atom. The van der Waals surface area contributed by atoms with Crippen LogP contribution in [0.4, 0.5) is 0 Å². The van der Waals surface area contributed by atoms with Crippen molar-refractivity contribution in [3.8, 4) is 0 Å². The lowest BCUT2D eigenvalue weighted by atomic mass is 9.92. The van der Waals surface area contributed by atoms with E-state index in [1.54, 1.807) is 7.05 Å². The van der Waals surface area contributed by atoms with E-state index in [0.29, 0.717) is 19.4 Å². The highest BCUT2D eigenvalue weighted by molar-refractivity contribution is 6.00. The fraction of sp³-hybridized carbons (Fsp3) is 0.500. The standard InChI is InChI=1S/C16H23NO2/c1-16(2,3)12-15(18)19-11-10-14(17-4)13-8-6-5-7-9-13/h5-9H,10-12H2,1-4H3/b17-14+. The summed E-state index contributed by atoms with van der Waals surface area (Å²) >= 11 is 0. The Labute approximate surface area is 115 Å². The van der Waals surface area contributed by atoms with Crippen molar-refractivity contribution in [2.24, 2.45) is 10.4 Å². The minimum atomic E-state index is -0.143. The van der Waals surface area contributed by atoms with Gasteiger partial charge in [-0.2, -0.15) is 0 Å². The molecular formula is C16H23NO2. The summed E-state index contributed by atoms with van der Waals surface area (Å²) < 4.78 is 5.25. The number of nitrogens with zero attached hydrogens (tertiary/aromatic N) is 1. The van der Waals surface area contributed by atoms with Crippen LogP contribution in [0.15, 0.2) is 35.3 Å². The van der Waals surface area contributed by atoms with Gasteiger partial charge in [0.25, 0.3) is 0 Å². The average Bonchev–Trinajstić information content (AvgIpc) is 2.33. The van der Waals surface area contributed by atoms with Crippen LogP contribution in [0.25, 0.3) is 0 Å². The summed E-state index contributed by atoms with van der Waals surface area (Å²) in [5.74, 6) is -0.143. The van der Waals surface area contributed by atoms with Crippen molar-refractivity contribution < 1.29 is 9.53 Å². The van der Waals surface area contributed by atoms with E-state index < -0.39 is 0 Å². The van der Waals surface area contributed by atoms with Crippen LogP contribution in [0.3, 0.4) is 0 Å². The van der Waals surface area contributed by atoms with E-state index in [0.717, 1.165) is 11.3 Å². The Morgan fingerprint density at radius 3 is 2.37 bits per heavy atom. The van der Waals surface area contributed by atoms with Crippen LogP contribution in [0.1, 0.15) is 39.2 Å². The first-order valence-corrected chi connectivity index (χ1v) is 6.59. The van der Waals surface area contributed by atoms with Crippen molar-refractivity contribution in [3.05, 3.63) is 35.9 Å². The number of esters is 1. The molecule has 1 aromatic rings. The highest BCUT2D eigenvalue weighted by Crippen LogP contribution is 2.18. The number of hydrogen-bond donors (Lipinski definition) is 0. The first-order valence-electron chi connectivity index (χ1n) is 6.59. The van der Waals surface area contributed by atoms with Crippen molar-refractivity contribution in [1.29, 1.82) is 0 Å². The van der Waals surface area contributed by atoms with Crippen molar-refractivity contribution in [2.75, 3.05) is 13.7 Å². The molecule has 0 radical (unpaired) electrons. The van der Waals surface area contributed by atoms with Gasteiger partial charge in [-0.05, 0) is 11.0 Å². The number of ether oxygens (including phenoxy) is 1. The molecule has 0 aliphatic carbocycles. The fourth-order valence-corrected chi connectivity index (χ4v) is 1.76. The lowest BCUT2D eigenvalue weighted by Crippen LogP contribution is -2.17. The van der Waals surface area contributed by atoms with Gasteiger partial charge in [-0.25, -0.2) is 0 Å². The highest BCUT2D eigenvalue weighted by atomic mass is 16.5. The quantitative estimate of drug-likeness (QED) is 0.601. The second-order valence-electron chi connectivity index (χ2n) is 5.74. The molecule has 104 valence electrons. The van der Waals surface area contributed by atoms with Crippen LogP contribution in [0.2, 0.25) is 0 Å². The molecule has 1 rings (SSSR count). The molecule has 0 aliphatic rings. The first kappa shape index (κ1) is 15.4. The molecule has 0 amide bonds. The lowest BCUT2D eigenvalue weighted by molar-refractivity contribution is -0.145. The monoisotopic (exact) mass is 261 g/mol. The van der Waals surface area contributed by atoms with Crippen LogP contribution in [-0.2, 0) is 9.53 Å². The summed E-state index contributed by atoms with van der Waals surface area (Å²) in [6.45, 7) is 6.46. The van der Waals surface area contributed by atoms with Crippen molar-refractivity contribution in [3.63, 3.8) is 0 Å². The number of benzene rings is 1. The molecule has 0 aromatic heterocycles. The van der Waals surface area contributed by atoms with Gasteiger partial charge in [-0.15, -0.1) is 0 Å². The largest absolute Gasteiger partial charge is 0.465 e. The third kappa shape index (κ3) is 6.18. The van der Waals surface area contributed by atoms with E-state index in [1.165, 1.54) is 0 Å². The molecule has 3 nitrogen and oxygen atoms in total. The van der Waals surface area contributed by atoms with Crippen molar-refractivity contribution >= 4 is 11.7 Å². The van der Waals surface area contributed by atoms with E-state index in [4.69, 9.17) is 4.74 Å². The zero-order chi connectivity index (χ0) is 14.3. The normalized spacial score (nSPS) is 12.3. The Hall–Kier alpha value is -1.64. The van der Waals surface area contributed by atoms with E-state index in [9.17, 15) is 4.79 Å². The number of rotatable bonds is 5. The molecule has 0 bridgehead atoms. The van der Waals surface area contributed by atoms with Crippen LogP contribution in [0, 0.1) is 5.41 Å². The third-order valence-electron chi connectivity index (χ3n) is 2.65. The van der Waals surface area contributed by atoms with Crippen molar-refractivity contribution in [1.82, 2.24) is 0 Å². The predicted molar refractivity (Wildman–Crippen MR) is 78.6 cm³/mol. The lowest BCUT2D eigenvalue weighted by Gasteiger charge is -2.16. The molecular weight excluding hydrogens is 238 g/mol. The van der Waals surface area contributed by atoms with Gasteiger partial charge in [0.2, 0.25) is 0 Å². The Bertz CT molecular complexity index is 430. The molecule has 1 aromatic carbocycles. The summed E-state index contributed by atoms with van der Waals surface area (Å²) in [4.78, 5) is 15.9. The molecule has 19 heavy (non-hydrogen) atoms. The van der Waals surface area contributed by atoms with Gasteiger partial charge < -0.3 is 4.74 Å². The minimum absolute atomic E-state index is 0.0296. The second kappa shape index (κ2) is 7.07. The van der Waals surface area contributed by atoms with Gasteiger partial charge in [-0.1, -0.05) is 51.1 Å². The molecule has 0 heterocycles. The Balaban J connectivity index is 2.42. The zero-order valence-electron chi connectivity index (χ0n) is 12.3. The molecule has 3 heteroatoms. The van der Waals surface area contributed by atoms with Crippen molar-refractivity contribution in [2.45, 2.75) is 33.6 Å². The maximum Gasteiger partial charge on any atom is 0.306 e. The number of aliphatic imine (C=N–C) groups is 1. The smallest absolute Gasteiger partial charge is 0.306 e. The Kier molecular flexibility index (Phi) is 5.74. The molecule has 0 atom stereocenters. The number of hydrogen-bond acceptors (Lipinski definition) is 3. The van der Waals surface area contributed by atoms with Crippen LogP contribution < -0.4 is 0 Å². The third-order valence-corrected chi connectivity index (χ3v) is 2.65. The van der Waals surface area contributed by atoms with Crippen LogP contribution >= 0.6 is 0 Å². The molecule has 0 aliphatic heterocycles. The molecule has 0 saturated carbocycles. The summed E-state index contributed by atoms with van der Waals surface area (Å²) in [6.07, 6.45) is 1.09. The van der Waals surface area contributed by atoms with E-state index in [-0.39, 0.29) is 11.4 Å². The van der Waals surface area contributed by atoms with Gasteiger partial charge in [0.05, 0.1) is 13.0 Å². The summed E-state index contributed by atoms with van der Waals surface area (Å²) in [5, 5.41) is 0. The van der Waals surface area contributed by atoms with Gasteiger partial charge in [0.1, 0.15) is 0 Å². The average molecular weight is 261 g/mol. The maximum absolute atomic E-state index is 11.6. The first-order chi connectivity index (χ1) is 8.92. The van der Waals surface area contributed by atoms with E-state index in [1.807, 2.05) is 51.1 Å². The number of carbonyl (C=O) groups excluding carboxylic acids is 1. The summed E-state index contributed by atoms with van der Waals surface area (Å²) in [5.41, 5.74) is 2.01. The fourth-order valence-electron chi connectivity index (χ4n) is 1.76. The molecule has 0 fully saturated rings. The van der Waals surface area contributed by atoms with E-state index >= 15 is 0 Å². The molecule has 0 N–H and O–H groups in total. The predicted octanol–water partition coefficient (Wildman–Crippen LogP) is 3.48. The zero-order valence-corrected chi connectivity index (χ0v) is 12.3. The van der Waals surface area contributed by atoms with E-state index in [2.05, 4.69) is 4.99 Å². The van der Waals surface area contributed by atoms with Crippen LogP contribution in [-0.4, -0.2) is 25.3 Å². The van der Waals surface area contributed by atoms with Gasteiger partial charge in [0, 0.05) is 19.2 Å². The summed E-state index contributed by atoms with van der Waals surface area (Å²) in [6, 6.07) is 9.96. The Morgan fingerprint density at radius 1 is 1.21 bits per heavy atom. The summed E-state index contributed by atoms with van der Waals surface area (Å²) in [7, 11) is 1.76. The maximum atomic E-state index is 11.6. The molecule has 0 unspecified atom stereocenters. The number of carbonyl (C=O) groups is 1. The second-order valence-corrected chi connectivity index (χ2v) is 5.74.